The van der Waals surface area contributed by atoms with Gasteiger partial charge in [-0.25, -0.2) is 4.98 Å². The zero-order valence-electron chi connectivity index (χ0n) is 13.8. The molecule has 8 heteroatoms. The quantitative estimate of drug-likeness (QED) is 0.539. The van der Waals surface area contributed by atoms with E-state index in [1.807, 2.05) is 0 Å². The highest BCUT2D eigenvalue weighted by molar-refractivity contribution is 5.92. The molecule has 1 N–H and O–H groups in total. The summed E-state index contributed by atoms with van der Waals surface area (Å²) in [4.78, 5) is 26.5. The first kappa shape index (κ1) is 17.2. The standard InChI is InChI=1S/C18H15N3O5/c1-25-17-9-2-12(10-19-17)11-20-18(22)16-8-7-15(26-16)13-3-5-14(6-4-13)21(23)24/h2-10H,11H2,1H3,(H,20,22). The van der Waals surface area contributed by atoms with Crippen LogP contribution >= 0.6 is 0 Å². The van der Waals surface area contributed by atoms with E-state index >= 15 is 0 Å². The fourth-order valence-corrected chi connectivity index (χ4v) is 2.27. The Balaban J connectivity index is 1.64. The predicted molar refractivity (Wildman–Crippen MR) is 92.8 cm³/mol. The number of nitro groups is 1. The van der Waals surface area contributed by atoms with Gasteiger partial charge in [-0.05, 0) is 29.8 Å². The largest absolute Gasteiger partial charge is 0.481 e. The van der Waals surface area contributed by atoms with Crippen LogP contribution in [0.15, 0.2) is 59.1 Å². The topological polar surface area (TPSA) is 108 Å². The molecule has 0 bridgehead atoms. The Kier molecular flexibility index (Phi) is 4.93. The minimum Gasteiger partial charge on any atom is -0.481 e. The minimum atomic E-state index is -0.473. The summed E-state index contributed by atoms with van der Waals surface area (Å²) in [6.45, 7) is 0.295. The fraction of sp³-hybridized carbons (Fsp3) is 0.111. The molecule has 2 heterocycles. The maximum Gasteiger partial charge on any atom is 0.287 e. The third-order valence-electron chi connectivity index (χ3n) is 3.65. The molecule has 0 spiro atoms. The molecule has 26 heavy (non-hydrogen) atoms. The number of carbonyl (C=O) groups is 1. The van der Waals surface area contributed by atoms with Gasteiger partial charge in [-0.15, -0.1) is 0 Å². The number of benzene rings is 1. The highest BCUT2D eigenvalue weighted by Crippen LogP contribution is 2.24. The first-order valence-electron chi connectivity index (χ1n) is 7.68. The molecule has 0 aliphatic carbocycles. The molecular weight excluding hydrogens is 338 g/mol. The van der Waals surface area contributed by atoms with E-state index in [2.05, 4.69) is 10.3 Å². The number of nitro benzene ring substituents is 1. The van der Waals surface area contributed by atoms with Gasteiger partial charge in [0.15, 0.2) is 5.76 Å². The maximum atomic E-state index is 12.2. The number of hydrogen-bond donors (Lipinski definition) is 1. The lowest BCUT2D eigenvalue weighted by Gasteiger charge is -2.04. The number of carbonyl (C=O) groups excluding carboxylic acids is 1. The van der Waals surface area contributed by atoms with Crippen molar-refractivity contribution in [3.63, 3.8) is 0 Å². The lowest BCUT2D eigenvalue weighted by atomic mass is 10.1. The average molecular weight is 353 g/mol. The number of ether oxygens (including phenoxy) is 1. The smallest absolute Gasteiger partial charge is 0.287 e. The van der Waals surface area contributed by atoms with Crippen molar-refractivity contribution in [3.05, 3.63) is 76.2 Å². The van der Waals surface area contributed by atoms with Crippen molar-refractivity contribution in [1.29, 1.82) is 0 Å². The number of aromatic nitrogens is 1. The Bertz CT molecular complexity index is 917. The third kappa shape index (κ3) is 3.86. The molecule has 132 valence electrons. The van der Waals surface area contributed by atoms with Gasteiger partial charge in [0, 0.05) is 36.5 Å². The molecule has 8 nitrogen and oxygen atoms in total. The van der Waals surface area contributed by atoms with Gasteiger partial charge in [-0.1, -0.05) is 6.07 Å². The summed E-state index contributed by atoms with van der Waals surface area (Å²) in [7, 11) is 1.53. The van der Waals surface area contributed by atoms with Gasteiger partial charge < -0.3 is 14.5 Å². The van der Waals surface area contributed by atoms with Crippen LogP contribution in [0, 0.1) is 10.1 Å². The van der Waals surface area contributed by atoms with Crippen molar-refractivity contribution in [1.82, 2.24) is 10.3 Å². The zero-order chi connectivity index (χ0) is 18.5. The van der Waals surface area contributed by atoms with Crippen molar-refractivity contribution in [3.8, 4) is 17.2 Å². The van der Waals surface area contributed by atoms with Crippen LogP contribution in [0.2, 0.25) is 0 Å². The van der Waals surface area contributed by atoms with Crippen molar-refractivity contribution < 1.29 is 18.9 Å². The highest BCUT2D eigenvalue weighted by Gasteiger charge is 2.13. The first-order chi connectivity index (χ1) is 12.6. The van der Waals surface area contributed by atoms with E-state index in [9.17, 15) is 14.9 Å². The van der Waals surface area contributed by atoms with Crippen LogP contribution in [0.5, 0.6) is 5.88 Å². The molecule has 2 aromatic heterocycles. The SMILES string of the molecule is COc1ccc(CNC(=O)c2ccc(-c3ccc([N+](=O)[O-])cc3)o2)cn1. The molecule has 0 saturated heterocycles. The minimum absolute atomic E-state index is 0.00799. The van der Waals surface area contributed by atoms with Gasteiger partial charge >= 0.3 is 0 Å². The molecule has 0 fully saturated rings. The summed E-state index contributed by atoms with van der Waals surface area (Å²) in [6.07, 6.45) is 1.61. The monoisotopic (exact) mass is 353 g/mol. The zero-order valence-corrected chi connectivity index (χ0v) is 13.8. The van der Waals surface area contributed by atoms with Gasteiger partial charge in [0.25, 0.3) is 11.6 Å². The third-order valence-corrected chi connectivity index (χ3v) is 3.65. The fourth-order valence-electron chi connectivity index (χ4n) is 2.27. The molecule has 3 rings (SSSR count). The molecule has 0 unspecified atom stereocenters. The van der Waals surface area contributed by atoms with Crippen LogP contribution in [0.4, 0.5) is 5.69 Å². The number of rotatable bonds is 6. The average Bonchev–Trinajstić information content (AvgIpc) is 3.17. The van der Waals surface area contributed by atoms with E-state index < -0.39 is 4.92 Å². The second-order valence-corrected chi connectivity index (χ2v) is 5.36. The van der Waals surface area contributed by atoms with Crippen molar-refractivity contribution >= 4 is 11.6 Å². The number of non-ortho nitro benzene ring substituents is 1. The van der Waals surface area contributed by atoms with Crippen LogP contribution in [0.3, 0.4) is 0 Å². The highest BCUT2D eigenvalue weighted by atomic mass is 16.6. The Hall–Kier alpha value is -3.68. The lowest BCUT2D eigenvalue weighted by Crippen LogP contribution is -2.22. The summed E-state index contributed by atoms with van der Waals surface area (Å²) < 4.78 is 10.5. The Labute approximate surface area is 148 Å². The van der Waals surface area contributed by atoms with Crippen LogP contribution in [0.1, 0.15) is 16.1 Å². The van der Waals surface area contributed by atoms with Crippen LogP contribution in [-0.2, 0) is 6.54 Å². The summed E-state index contributed by atoms with van der Waals surface area (Å²) in [5.74, 6) is 0.740. The molecule has 1 amide bonds. The summed E-state index contributed by atoms with van der Waals surface area (Å²) in [6, 6.07) is 12.6. The number of methoxy groups -OCH3 is 1. The van der Waals surface area contributed by atoms with Gasteiger partial charge in [0.05, 0.1) is 12.0 Å². The second kappa shape index (κ2) is 7.47. The molecule has 3 aromatic rings. The van der Waals surface area contributed by atoms with E-state index in [1.165, 1.54) is 19.2 Å². The van der Waals surface area contributed by atoms with E-state index in [0.29, 0.717) is 23.7 Å². The summed E-state index contributed by atoms with van der Waals surface area (Å²) in [5, 5.41) is 13.4. The molecule has 0 atom stereocenters. The second-order valence-electron chi connectivity index (χ2n) is 5.36. The van der Waals surface area contributed by atoms with Crippen LogP contribution < -0.4 is 10.1 Å². The molecule has 1 aromatic carbocycles. The molecule has 0 saturated carbocycles. The maximum absolute atomic E-state index is 12.2. The van der Waals surface area contributed by atoms with E-state index in [1.54, 1.807) is 42.6 Å². The van der Waals surface area contributed by atoms with E-state index in [0.717, 1.165) is 5.56 Å². The summed E-state index contributed by atoms with van der Waals surface area (Å²) >= 11 is 0. The number of nitrogens with zero attached hydrogens (tertiary/aromatic N) is 2. The normalized spacial score (nSPS) is 10.3. The molecule has 0 aliphatic rings. The van der Waals surface area contributed by atoms with Crippen LogP contribution in [-0.4, -0.2) is 22.9 Å². The molecule has 0 radical (unpaired) electrons. The van der Waals surface area contributed by atoms with Gasteiger partial charge in [-0.2, -0.15) is 0 Å². The lowest BCUT2D eigenvalue weighted by molar-refractivity contribution is -0.384. The Morgan fingerprint density at radius 2 is 1.96 bits per heavy atom. The summed E-state index contributed by atoms with van der Waals surface area (Å²) in [5.41, 5.74) is 1.46. The van der Waals surface area contributed by atoms with Crippen molar-refractivity contribution in [2.45, 2.75) is 6.54 Å². The molecule has 0 aliphatic heterocycles. The predicted octanol–water partition coefficient (Wildman–Crippen LogP) is 3.19. The van der Waals surface area contributed by atoms with Crippen molar-refractivity contribution in [2.75, 3.05) is 7.11 Å². The Morgan fingerprint density at radius 1 is 1.19 bits per heavy atom. The molecular formula is C18H15N3O5. The number of furan rings is 1. The number of nitrogens with one attached hydrogen (secondary N) is 1. The van der Waals surface area contributed by atoms with Crippen LogP contribution in [0.25, 0.3) is 11.3 Å². The number of pyridine rings is 1. The first-order valence-corrected chi connectivity index (χ1v) is 7.68. The van der Waals surface area contributed by atoms with E-state index in [-0.39, 0.29) is 17.4 Å². The van der Waals surface area contributed by atoms with Gasteiger partial charge in [0.2, 0.25) is 5.88 Å². The number of hydrogen-bond acceptors (Lipinski definition) is 6. The Morgan fingerprint density at radius 3 is 2.58 bits per heavy atom. The number of amides is 1. The van der Waals surface area contributed by atoms with Crippen molar-refractivity contribution in [2.24, 2.45) is 0 Å². The van der Waals surface area contributed by atoms with E-state index in [4.69, 9.17) is 9.15 Å². The van der Waals surface area contributed by atoms with Gasteiger partial charge in [-0.3, -0.25) is 14.9 Å². The van der Waals surface area contributed by atoms with Gasteiger partial charge in [0.1, 0.15) is 5.76 Å².